The van der Waals surface area contributed by atoms with Crippen LogP contribution in [0.1, 0.15) is 39.5 Å². The van der Waals surface area contributed by atoms with Crippen LogP contribution in [0, 0.1) is 5.92 Å². The van der Waals surface area contributed by atoms with Crippen LogP contribution in [0.25, 0.3) is 0 Å². The van der Waals surface area contributed by atoms with Crippen LogP contribution in [0.15, 0.2) is 0 Å². The van der Waals surface area contributed by atoms with E-state index in [2.05, 4.69) is 18.7 Å². The van der Waals surface area contributed by atoms with Crippen molar-refractivity contribution in [3.05, 3.63) is 0 Å². The first-order valence-corrected chi connectivity index (χ1v) is 5.64. The molecule has 1 aliphatic carbocycles. The molecule has 0 aromatic rings. The molecule has 2 heteroatoms. The fraction of sp³-hybridized carbons (Fsp3) is 1.00. The van der Waals surface area contributed by atoms with E-state index in [1.54, 1.807) is 0 Å². The molecule has 0 aromatic heterocycles. The van der Waals surface area contributed by atoms with Gasteiger partial charge in [0.15, 0.2) is 0 Å². The second-order valence-electron chi connectivity index (χ2n) is 4.18. The zero-order chi connectivity index (χ0) is 9.68. The van der Waals surface area contributed by atoms with Crippen molar-refractivity contribution < 1.29 is 5.11 Å². The molecule has 0 aromatic carbocycles. The summed E-state index contributed by atoms with van der Waals surface area (Å²) in [5.41, 5.74) is 0. The molecule has 1 N–H and O–H groups in total. The number of likely N-dealkylation sites (N-methyl/N-ethyl adjacent to an activating group) is 1. The molecule has 0 heterocycles. The number of hydrogen-bond acceptors (Lipinski definition) is 2. The molecule has 0 aliphatic heterocycles. The van der Waals surface area contributed by atoms with Crippen molar-refractivity contribution in [3.63, 3.8) is 0 Å². The third kappa shape index (κ3) is 2.96. The molecule has 1 rings (SSSR count). The van der Waals surface area contributed by atoms with Gasteiger partial charge < -0.3 is 5.11 Å². The van der Waals surface area contributed by atoms with Crippen LogP contribution >= 0.6 is 0 Å². The highest BCUT2D eigenvalue weighted by molar-refractivity contribution is 4.80. The minimum Gasteiger partial charge on any atom is -0.395 e. The summed E-state index contributed by atoms with van der Waals surface area (Å²) in [4.78, 5) is 2.43. The van der Waals surface area contributed by atoms with Gasteiger partial charge in [-0.25, -0.2) is 0 Å². The normalized spacial score (nSPS) is 29.5. The average molecular weight is 185 g/mol. The van der Waals surface area contributed by atoms with Crippen molar-refractivity contribution in [1.29, 1.82) is 0 Å². The first kappa shape index (κ1) is 11.0. The number of hydrogen-bond donors (Lipinski definition) is 1. The van der Waals surface area contributed by atoms with Crippen LogP contribution in [0.2, 0.25) is 0 Å². The summed E-state index contributed by atoms with van der Waals surface area (Å²) in [7, 11) is 0. The fourth-order valence-corrected chi connectivity index (χ4v) is 2.53. The van der Waals surface area contributed by atoms with Crippen molar-refractivity contribution in [2.24, 2.45) is 5.92 Å². The van der Waals surface area contributed by atoms with E-state index in [4.69, 9.17) is 5.11 Å². The van der Waals surface area contributed by atoms with Crippen LogP contribution in [-0.2, 0) is 0 Å². The molecule has 0 bridgehead atoms. The number of aliphatic hydroxyl groups is 1. The quantitative estimate of drug-likeness (QED) is 0.723. The molecule has 2 atom stereocenters. The van der Waals surface area contributed by atoms with E-state index in [1.807, 2.05) is 0 Å². The first-order chi connectivity index (χ1) is 6.29. The lowest BCUT2D eigenvalue weighted by molar-refractivity contribution is 0.0954. The molecule has 78 valence electrons. The van der Waals surface area contributed by atoms with Gasteiger partial charge in [-0.05, 0) is 25.3 Å². The Labute approximate surface area is 81.9 Å². The third-order valence-electron chi connectivity index (χ3n) is 3.33. The van der Waals surface area contributed by atoms with Crippen molar-refractivity contribution in [2.45, 2.75) is 45.6 Å². The lowest BCUT2D eigenvalue weighted by atomic mass is 9.85. The number of aliphatic hydroxyl groups excluding tert-OH is 1. The second kappa shape index (κ2) is 5.61. The van der Waals surface area contributed by atoms with Gasteiger partial charge in [0.1, 0.15) is 0 Å². The minimum atomic E-state index is 0.303. The summed E-state index contributed by atoms with van der Waals surface area (Å²) in [6, 6.07) is 0.728. The summed E-state index contributed by atoms with van der Waals surface area (Å²) in [5.74, 6) is 0.820. The molecule has 0 unspecified atom stereocenters. The Morgan fingerprint density at radius 1 is 1.31 bits per heavy atom. The van der Waals surface area contributed by atoms with E-state index < -0.39 is 0 Å². The lowest BCUT2D eigenvalue weighted by Crippen LogP contribution is -2.42. The highest BCUT2D eigenvalue weighted by Crippen LogP contribution is 2.27. The van der Waals surface area contributed by atoms with Crippen molar-refractivity contribution in [3.8, 4) is 0 Å². The summed E-state index contributed by atoms with van der Waals surface area (Å²) < 4.78 is 0. The maximum Gasteiger partial charge on any atom is 0.0558 e. The van der Waals surface area contributed by atoms with E-state index in [0.29, 0.717) is 6.61 Å². The zero-order valence-electron chi connectivity index (χ0n) is 9.00. The van der Waals surface area contributed by atoms with Crippen molar-refractivity contribution in [2.75, 3.05) is 19.7 Å². The minimum absolute atomic E-state index is 0.303. The monoisotopic (exact) mass is 185 g/mol. The summed E-state index contributed by atoms with van der Waals surface area (Å²) in [5, 5.41) is 8.94. The van der Waals surface area contributed by atoms with Crippen LogP contribution in [0.5, 0.6) is 0 Å². The van der Waals surface area contributed by atoms with Gasteiger partial charge in [0.25, 0.3) is 0 Å². The van der Waals surface area contributed by atoms with E-state index in [9.17, 15) is 0 Å². The highest BCUT2D eigenvalue weighted by Gasteiger charge is 2.25. The Bertz CT molecular complexity index is 138. The molecule has 2 nitrogen and oxygen atoms in total. The van der Waals surface area contributed by atoms with Gasteiger partial charge in [-0.3, -0.25) is 4.90 Å². The molecule has 1 aliphatic rings. The molecule has 0 saturated heterocycles. The Hall–Kier alpha value is -0.0800. The van der Waals surface area contributed by atoms with E-state index >= 15 is 0 Å². The standard InChI is InChI=1S/C11H23NO/c1-3-12(8-9-13)11-7-5-4-6-10(11)2/h10-11,13H,3-9H2,1-2H3/t10-,11+/m0/s1. The SMILES string of the molecule is CCN(CCO)[C@@H]1CCCC[C@@H]1C. The highest BCUT2D eigenvalue weighted by atomic mass is 16.3. The zero-order valence-corrected chi connectivity index (χ0v) is 9.00. The molecule has 0 spiro atoms. The molecular weight excluding hydrogens is 162 g/mol. The summed E-state index contributed by atoms with van der Waals surface area (Å²) in [6.07, 6.45) is 5.47. The maximum absolute atomic E-state index is 8.94. The van der Waals surface area contributed by atoms with Gasteiger partial charge in [0.05, 0.1) is 6.61 Å². The van der Waals surface area contributed by atoms with Gasteiger partial charge in [-0.1, -0.05) is 26.7 Å². The van der Waals surface area contributed by atoms with Gasteiger partial charge >= 0.3 is 0 Å². The Morgan fingerprint density at radius 3 is 2.54 bits per heavy atom. The molecule has 13 heavy (non-hydrogen) atoms. The molecular formula is C11H23NO. The van der Waals surface area contributed by atoms with Crippen LogP contribution in [0.3, 0.4) is 0 Å². The van der Waals surface area contributed by atoms with Crippen LogP contribution < -0.4 is 0 Å². The lowest BCUT2D eigenvalue weighted by Gasteiger charge is -2.37. The second-order valence-corrected chi connectivity index (χ2v) is 4.18. The largest absolute Gasteiger partial charge is 0.395 e. The Balaban J connectivity index is 2.44. The molecule has 1 fully saturated rings. The number of nitrogens with zero attached hydrogens (tertiary/aromatic N) is 1. The van der Waals surface area contributed by atoms with E-state index in [1.165, 1.54) is 25.7 Å². The van der Waals surface area contributed by atoms with Crippen LogP contribution in [0.4, 0.5) is 0 Å². The van der Waals surface area contributed by atoms with Gasteiger partial charge in [-0.15, -0.1) is 0 Å². The fourth-order valence-electron chi connectivity index (χ4n) is 2.53. The van der Waals surface area contributed by atoms with Gasteiger partial charge in [-0.2, -0.15) is 0 Å². The molecule has 0 amide bonds. The average Bonchev–Trinajstić information content (AvgIpc) is 2.16. The van der Waals surface area contributed by atoms with Crippen LogP contribution in [-0.4, -0.2) is 35.7 Å². The number of rotatable bonds is 4. The Kier molecular flexibility index (Phi) is 4.74. The predicted octanol–water partition coefficient (Wildman–Crippen LogP) is 1.88. The molecule has 1 saturated carbocycles. The van der Waals surface area contributed by atoms with Crippen molar-refractivity contribution >= 4 is 0 Å². The van der Waals surface area contributed by atoms with Gasteiger partial charge in [0, 0.05) is 12.6 Å². The van der Waals surface area contributed by atoms with Gasteiger partial charge in [0.2, 0.25) is 0 Å². The first-order valence-electron chi connectivity index (χ1n) is 5.64. The maximum atomic E-state index is 8.94. The third-order valence-corrected chi connectivity index (χ3v) is 3.33. The predicted molar refractivity (Wildman–Crippen MR) is 55.8 cm³/mol. The van der Waals surface area contributed by atoms with E-state index in [-0.39, 0.29) is 0 Å². The molecule has 0 radical (unpaired) electrons. The van der Waals surface area contributed by atoms with Crippen molar-refractivity contribution in [1.82, 2.24) is 4.90 Å². The summed E-state index contributed by atoms with van der Waals surface area (Å²) >= 11 is 0. The topological polar surface area (TPSA) is 23.5 Å². The Morgan fingerprint density at radius 2 is 2.00 bits per heavy atom. The van der Waals surface area contributed by atoms with E-state index in [0.717, 1.165) is 25.0 Å². The smallest absolute Gasteiger partial charge is 0.0558 e. The summed E-state index contributed by atoms with van der Waals surface area (Å²) in [6.45, 7) is 6.78.